The molecular formula is C14H19NO2. The van der Waals surface area contributed by atoms with Gasteiger partial charge in [-0.2, -0.15) is 0 Å². The minimum Gasteiger partial charge on any atom is -0.450 e. The first kappa shape index (κ1) is 12.0. The molecule has 0 spiro atoms. The highest BCUT2D eigenvalue weighted by Crippen LogP contribution is 2.33. The molecule has 0 saturated heterocycles. The monoisotopic (exact) mass is 233 g/mol. The summed E-state index contributed by atoms with van der Waals surface area (Å²) in [4.78, 5) is 13.5. The molecule has 1 atom stereocenters. The van der Waals surface area contributed by atoms with E-state index < -0.39 is 0 Å². The molecule has 1 amide bonds. The SMILES string of the molecule is CCOC(=O)N(C)C1CCCc2ccccc21. The number of aryl methyl sites for hydroxylation is 1. The van der Waals surface area contributed by atoms with Crippen LogP contribution in [0.2, 0.25) is 0 Å². The van der Waals surface area contributed by atoms with Crippen molar-refractivity contribution in [1.29, 1.82) is 0 Å². The normalized spacial score (nSPS) is 18.4. The van der Waals surface area contributed by atoms with Crippen LogP contribution in [0.3, 0.4) is 0 Å². The molecule has 0 aliphatic heterocycles. The first-order valence-corrected chi connectivity index (χ1v) is 6.21. The lowest BCUT2D eigenvalue weighted by Gasteiger charge is -2.32. The third-order valence-corrected chi connectivity index (χ3v) is 3.36. The van der Waals surface area contributed by atoms with Crippen molar-refractivity contribution in [2.24, 2.45) is 0 Å². The number of rotatable bonds is 2. The quantitative estimate of drug-likeness (QED) is 0.785. The first-order valence-electron chi connectivity index (χ1n) is 6.21. The van der Waals surface area contributed by atoms with Gasteiger partial charge in [-0.15, -0.1) is 0 Å². The Kier molecular flexibility index (Phi) is 3.67. The second kappa shape index (κ2) is 5.21. The Labute approximate surface area is 102 Å². The molecular weight excluding hydrogens is 214 g/mol. The largest absolute Gasteiger partial charge is 0.450 e. The summed E-state index contributed by atoms with van der Waals surface area (Å²) in [5.74, 6) is 0. The highest BCUT2D eigenvalue weighted by atomic mass is 16.6. The van der Waals surface area contributed by atoms with E-state index in [4.69, 9.17) is 4.74 Å². The van der Waals surface area contributed by atoms with Gasteiger partial charge >= 0.3 is 6.09 Å². The minimum absolute atomic E-state index is 0.166. The van der Waals surface area contributed by atoms with E-state index in [1.807, 2.05) is 20.0 Å². The minimum atomic E-state index is -0.228. The molecule has 0 bridgehead atoms. The zero-order valence-electron chi connectivity index (χ0n) is 10.5. The van der Waals surface area contributed by atoms with E-state index in [1.165, 1.54) is 11.1 Å². The average Bonchev–Trinajstić information content (AvgIpc) is 2.37. The Hall–Kier alpha value is -1.51. The van der Waals surface area contributed by atoms with Gasteiger partial charge in [0.2, 0.25) is 0 Å². The second-order valence-electron chi connectivity index (χ2n) is 4.42. The molecule has 0 saturated carbocycles. The van der Waals surface area contributed by atoms with Crippen molar-refractivity contribution in [3.8, 4) is 0 Å². The predicted octanol–water partition coefficient (Wildman–Crippen LogP) is 3.15. The molecule has 92 valence electrons. The lowest BCUT2D eigenvalue weighted by Crippen LogP contribution is -2.33. The molecule has 1 aromatic carbocycles. The molecule has 1 aliphatic carbocycles. The topological polar surface area (TPSA) is 29.5 Å². The molecule has 0 aromatic heterocycles. The summed E-state index contributed by atoms with van der Waals surface area (Å²) in [5, 5.41) is 0. The summed E-state index contributed by atoms with van der Waals surface area (Å²) in [6.07, 6.45) is 3.04. The molecule has 17 heavy (non-hydrogen) atoms. The van der Waals surface area contributed by atoms with Gasteiger partial charge in [-0.05, 0) is 37.3 Å². The van der Waals surface area contributed by atoms with Crippen LogP contribution in [-0.4, -0.2) is 24.6 Å². The fraction of sp³-hybridized carbons (Fsp3) is 0.500. The van der Waals surface area contributed by atoms with E-state index >= 15 is 0 Å². The molecule has 1 aromatic rings. The number of fused-ring (bicyclic) bond motifs is 1. The van der Waals surface area contributed by atoms with Gasteiger partial charge in [0.15, 0.2) is 0 Å². The molecule has 1 aliphatic rings. The number of carbonyl (C=O) groups excluding carboxylic acids is 1. The van der Waals surface area contributed by atoms with Gasteiger partial charge in [-0.1, -0.05) is 24.3 Å². The maximum absolute atomic E-state index is 11.8. The van der Waals surface area contributed by atoms with Crippen LogP contribution in [-0.2, 0) is 11.2 Å². The Balaban J connectivity index is 2.20. The molecule has 3 heteroatoms. The van der Waals surface area contributed by atoms with E-state index in [2.05, 4.69) is 18.2 Å². The van der Waals surface area contributed by atoms with Crippen molar-refractivity contribution in [3.05, 3.63) is 35.4 Å². The number of ether oxygens (including phenoxy) is 1. The molecule has 3 nitrogen and oxygen atoms in total. The second-order valence-corrected chi connectivity index (χ2v) is 4.42. The van der Waals surface area contributed by atoms with Crippen molar-refractivity contribution in [1.82, 2.24) is 4.90 Å². The van der Waals surface area contributed by atoms with Crippen molar-refractivity contribution in [2.45, 2.75) is 32.2 Å². The van der Waals surface area contributed by atoms with Gasteiger partial charge in [-0.25, -0.2) is 4.79 Å². The summed E-state index contributed by atoms with van der Waals surface area (Å²) < 4.78 is 5.06. The summed E-state index contributed by atoms with van der Waals surface area (Å²) in [5.41, 5.74) is 2.63. The lowest BCUT2D eigenvalue weighted by molar-refractivity contribution is 0.0978. The van der Waals surface area contributed by atoms with Gasteiger partial charge in [0.1, 0.15) is 0 Å². The van der Waals surface area contributed by atoms with Crippen molar-refractivity contribution < 1.29 is 9.53 Å². The van der Waals surface area contributed by atoms with Crippen LogP contribution in [0.5, 0.6) is 0 Å². The predicted molar refractivity (Wildman–Crippen MR) is 66.9 cm³/mol. The fourth-order valence-electron chi connectivity index (χ4n) is 2.48. The third-order valence-electron chi connectivity index (χ3n) is 3.36. The maximum atomic E-state index is 11.8. The molecule has 0 fully saturated rings. The average molecular weight is 233 g/mol. The Bertz CT molecular complexity index is 403. The zero-order valence-corrected chi connectivity index (χ0v) is 10.5. The Morgan fingerprint density at radius 1 is 1.47 bits per heavy atom. The van der Waals surface area contributed by atoms with Crippen molar-refractivity contribution in [3.63, 3.8) is 0 Å². The van der Waals surface area contributed by atoms with E-state index in [-0.39, 0.29) is 12.1 Å². The van der Waals surface area contributed by atoms with E-state index in [0.717, 1.165) is 19.3 Å². The molecule has 2 rings (SSSR count). The summed E-state index contributed by atoms with van der Waals surface area (Å²) in [7, 11) is 1.82. The van der Waals surface area contributed by atoms with E-state index in [9.17, 15) is 4.79 Å². The van der Waals surface area contributed by atoms with Crippen LogP contribution in [0.15, 0.2) is 24.3 Å². The third kappa shape index (κ3) is 2.43. The summed E-state index contributed by atoms with van der Waals surface area (Å²) in [6.45, 7) is 2.26. The van der Waals surface area contributed by atoms with Crippen LogP contribution in [0, 0.1) is 0 Å². The molecule has 1 unspecified atom stereocenters. The van der Waals surface area contributed by atoms with Gasteiger partial charge < -0.3 is 9.64 Å². The van der Waals surface area contributed by atoms with Crippen LogP contribution >= 0.6 is 0 Å². The van der Waals surface area contributed by atoms with Gasteiger partial charge in [0, 0.05) is 7.05 Å². The van der Waals surface area contributed by atoms with Crippen LogP contribution in [0.1, 0.15) is 36.9 Å². The van der Waals surface area contributed by atoms with Crippen LogP contribution in [0.4, 0.5) is 4.79 Å². The number of carbonyl (C=O) groups is 1. The zero-order chi connectivity index (χ0) is 12.3. The van der Waals surface area contributed by atoms with Gasteiger partial charge in [0.05, 0.1) is 12.6 Å². The number of hydrogen-bond acceptors (Lipinski definition) is 2. The van der Waals surface area contributed by atoms with E-state index in [0.29, 0.717) is 6.61 Å². The highest BCUT2D eigenvalue weighted by molar-refractivity contribution is 5.68. The summed E-state index contributed by atoms with van der Waals surface area (Å²) in [6, 6.07) is 8.54. The summed E-state index contributed by atoms with van der Waals surface area (Å²) >= 11 is 0. The number of benzene rings is 1. The van der Waals surface area contributed by atoms with Crippen molar-refractivity contribution in [2.75, 3.05) is 13.7 Å². The van der Waals surface area contributed by atoms with Crippen LogP contribution < -0.4 is 0 Å². The van der Waals surface area contributed by atoms with Gasteiger partial charge in [-0.3, -0.25) is 0 Å². The molecule has 0 N–H and O–H groups in total. The van der Waals surface area contributed by atoms with Crippen LogP contribution in [0.25, 0.3) is 0 Å². The molecule has 0 radical (unpaired) electrons. The lowest BCUT2D eigenvalue weighted by atomic mass is 9.87. The van der Waals surface area contributed by atoms with E-state index in [1.54, 1.807) is 4.90 Å². The maximum Gasteiger partial charge on any atom is 0.410 e. The standard InChI is InChI=1S/C14H19NO2/c1-3-17-14(16)15(2)13-10-6-8-11-7-4-5-9-12(11)13/h4-5,7,9,13H,3,6,8,10H2,1-2H3. The van der Waals surface area contributed by atoms with Gasteiger partial charge in [0.25, 0.3) is 0 Å². The first-order chi connectivity index (χ1) is 8.24. The Morgan fingerprint density at radius 3 is 3.00 bits per heavy atom. The number of hydrogen-bond donors (Lipinski definition) is 0. The molecule has 0 heterocycles. The highest BCUT2D eigenvalue weighted by Gasteiger charge is 2.26. The van der Waals surface area contributed by atoms with Crippen molar-refractivity contribution >= 4 is 6.09 Å². The fourth-order valence-corrected chi connectivity index (χ4v) is 2.48. The Morgan fingerprint density at radius 2 is 2.24 bits per heavy atom. The smallest absolute Gasteiger partial charge is 0.410 e. The number of amides is 1. The number of nitrogens with zero attached hydrogens (tertiary/aromatic N) is 1.